The number of amides is 1. The Labute approximate surface area is 185 Å². The number of carboxylic acid groups (broad SMARTS) is 1. The number of benzene rings is 1. The average molecular weight is 458 g/mol. The molecule has 0 aromatic heterocycles. The first-order valence-corrected chi connectivity index (χ1v) is 10.8. The van der Waals surface area contributed by atoms with Gasteiger partial charge in [-0.25, -0.2) is 4.79 Å². The maximum absolute atomic E-state index is 12.3. The first-order chi connectivity index (χ1) is 15.3. The molecule has 3 saturated heterocycles. The van der Waals surface area contributed by atoms with Crippen molar-refractivity contribution in [2.75, 3.05) is 32.8 Å². The predicted octanol–water partition coefficient (Wildman–Crippen LogP) is 2.69. The molecule has 0 aliphatic carbocycles. The molecule has 1 aromatic rings. The van der Waals surface area contributed by atoms with Crippen LogP contribution in [0.2, 0.25) is 0 Å². The van der Waals surface area contributed by atoms with Gasteiger partial charge in [-0.05, 0) is 31.2 Å². The highest BCUT2D eigenvalue weighted by atomic mass is 19.4. The molecule has 0 saturated carbocycles. The number of likely N-dealkylation sites (tertiary alicyclic amines) is 2. The minimum atomic E-state index is -5.08. The molecule has 0 radical (unpaired) electrons. The van der Waals surface area contributed by atoms with Crippen LogP contribution in [0.1, 0.15) is 31.2 Å². The monoisotopic (exact) mass is 458 g/mol. The van der Waals surface area contributed by atoms with Crippen LogP contribution >= 0.6 is 0 Å². The zero-order valence-electron chi connectivity index (χ0n) is 17.8. The van der Waals surface area contributed by atoms with E-state index in [1.807, 2.05) is 4.90 Å². The van der Waals surface area contributed by atoms with E-state index in [1.165, 1.54) is 5.56 Å². The first-order valence-electron chi connectivity index (χ1n) is 10.8. The number of halogens is 3. The summed E-state index contributed by atoms with van der Waals surface area (Å²) in [6.45, 7) is 4.53. The minimum absolute atomic E-state index is 0.000523. The average Bonchev–Trinajstić information content (AvgIpc) is 3.42. The zero-order valence-corrected chi connectivity index (χ0v) is 17.8. The number of rotatable bonds is 5. The molecule has 0 unspecified atom stereocenters. The Morgan fingerprint density at radius 1 is 1.12 bits per heavy atom. The second-order valence-corrected chi connectivity index (χ2v) is 8.20. The largest absolute Gasteiger partial charge is 0.490 e. The van der Waals surface area contributed by atoms with Gasteiger partial charge in [0.25, 0.3) is 0 Å². The lowest BCUT2D eigenvalue weighted by Gasteiger charge is -2.32. The summed E-state index contributed by atoms with van der Waals surface area (Å²) in [4.78, 5) is 25.6. The van der Waals surface area contributed by atoms with E-state index in [-0.39, 0.29) is 24.7 Å². The van der Waals surface area contributed by atoms with E-state index in [9.17, 15) is 18.0 Å². The topological polar surface area (TPSA) is 79.3 Å². The fourth-order valence-corrected chi connectivity index (χ4v) is 4.39. The molecule has 1 amide bonds. The van der Waals surface area contributed by atoms with Gasteiger partial charge in [-0.3, -0.25) is 9.69 Å². The van der Waals surface area contributed by atoms with E-state index in [1.54, 1.807) is 0 Å². The Kier molecular flexibility index (Phi) is 8.50. The number of fused-ring (bicyclic) bond motifs is 1. The fraction of sp³-hybridized carbons (Fsp3) is 0.636. The van der Waals surface area contributed by atoms with E-state index in [0.29, 0.717) is 6.04 Å². The lowest BCUT2D eigenvalue weighted by atomic mass is 10.0. The molecule has 3 aliphatic rings. The van der Waals surface area contributed by atoms with Crippen LogP contribution in [0.5, 0.6) is 0 Å². The van der Waals surface area contributed by atoms with E-state index < -0.39 is 12.1 Å². The van der Waals surface area contributed by atoms with Crippen LogP contribution in [0.4, 0.5) is 13.2 Å². The number of hydrogen-bond donors (Lipinski definition) is 1. The number of carbonyl (C=O) groups excluding carboxylic acids is 1. The maximum atomic E-state index is 12.3. The molecule has 1 N–H and O–H groups in total. The number of aliphatic carboxylic acids is 1. The third-order valence-corrected chi connectivity index (χ3v) is 5.93. The van der Waals surface area contributed by atoms with Gasteiger partial charge < -0.3 is 19.5 Å². The van der Waals surface area contributed by atoms with Crippen molar-refractivity contribution < 1.29 is 37.3 Å². The summed E-state index contributed by atoms with van der Waals surface area (Å²) in [6, 6.07) is 11.0. The predicted molar refractivity (Wildman–Crippen MR) is 109 cm³/mol. The highest BCUT2D eigenvalue weighted by molar-refractivity contribution is 5.77. The highest BCUT2D eigenvalue weighted by Crippen LogP contribution is 2.32. The van der Waals surface area contributed by atoms with Crippen LogP contribution in [-0.2, 0) is 25.6 Å². The molecule has 10 heteroatoms. The van der Waals surface area contributed by atoms with Crippen molar-refractivity contribution in [2.45, 2.75) is 56.7 Å². The molecule has 0 bridgehead atoms. The molecule has 32 heavy (non-hydrogen) atoms. The lowest BCUT2D eigenvalue weighted by Crippen LogP contribution is -2.42. The van der Waals surface area contributed by atoms with Crippen molar-refractivity contribution in [1.82, 2.24) is 9.80 Å². The minimum Gasteiger partial charge on any atom is -0.475 e. The van der Waals surface area contributed by atoms with Crippen LogP contribution in [-0.4, -0.2) is 84.1 Å². The van der Waals surface area contributed by atoms with Gasteiger partial charge in [0.05, 0.1) is 6.10 Å². The molecule has 0 spiro atoms. The molecule has 1 aromatic carbocycles. The smallest absolute Gasteiger partial charge is 0.475 e. The quantitative estimate of drug-likeness (QED) is 0.731. The Morgan fingerprint density at radius 3 is 2.41 bits per heavy atom. The van der Waals surface area contributed by atoms with Gasteiger partial charge in [0.15, 0.2) is 0 Å². The third-order valence-electron chi connectivity index (χ3n) is 5.93. The van der Waals surface area contributed by atoms with E-state index in [4.69, 9.17) is 19.4 Å². The van der Waals surface area contributed by atoms with Gasteiger partial charge in [-0.1, -0.05) is 30.3 Å². The summed E-state index contributed by atoms with van der Waals surface area (Å²) in [5.74, 6) is -2.63. The molecular formula is C22H29F3N2O5. The highest BCUT2D eigenvalue weighted by Gasteiger charge is 2.44. The van der Waals surface area contributed by atoms with Crippen LogP contribution < -0.4 is 0 Å². The van der Waals surface area contributed by atoms with Gasteiger partial charge in [0, 0.05) is 38.8 Å². The summed E-state index contributed by atoms with van der Waals surface area (Å²) < 4.78 is 43.8. The summed E-state index contributed by atoms with van der Waals surface area (Å²) in [7, 11) is 0. The van der Waals surface area contributed by atoms with Gasteiger partial charge >= 0.3 is 12.1 Å². The van der Waals surface area contributed by atoms with Crippen LogP contribution in [0.15, 0.2) is 30.3 Å². The van der Waals surface area contributed by atoms with Crippen LogP contribution in [0.25, 0.3) is 0 Å². The van der Waals surface area contributed by atoms with Gasteiger partial charge in [0.2, 0.25) is 5.91 Å². The molecule has 4 rings (SSSR count). The summed E-state index contributed by atoms with van der Waals surface area (Å²) in [5, 5.41) is 7.12. The molecular weight excluding hydrogens is 429 g/mol. The molecule has 7 nitrogen and oxygen atoms in total. The standard InChI is InChI=1S/C20H28N2O3.C2HF3O2/c23-19(21-10-4-5-11-21)15-25-18-14-22(13-16-7-2-1-3-8-16)17-9-6-12-24-20(17)18;3-2(4,5)1(6)7/h1-3,7-8,17-18,20H,4-6,9-15H2;(H,6,7)/t17-,18-,20+;/m1./s1. The second kappa shape index (κ2) is 11.1. The summed E-state index contributed by atoms with van der Waals surface area (Å²) in [6.07, 6.45) is -0.491. The molecule has 3 fully saturated rings. The van der Waals surface area contributed by atoms with Gasteiger partial charge in [-0.15, -0.1) is 0 Å². The first kappa shape index (κ1) is 24.5. The normalized spacial score (nSPS) is 25.7. The van der Waals surface area contributed by atoms with Crippen LogP contribution in [0.3, 0.4) is 0 Å². The molecule has 178 valence electrons. The SMILES string of the molecule is O=C(CO[C@@H]1CN(Cc2ccccc2)[C@@H]2CCCO[C@@H]21)N1CCCC1.O=C(O)C(F)(F)F. The summed E-state index contributed by atoms with van der Waals surface area (Å²) in [5.41, 5.74) is 1.32. The molecule has 3 heterocycles. The van der Waals surface area contributed by atoms with E-state index >= 15 is 0 Å². The van der Waals surface area contributed by atoms with Crippen LogP contribution in [0, 0.1) is 0 Å². The van der Waals surface area contributed by atoms with Crippen molar-refractivity contribution >= 4 is 11.9 Å². The molecule has 3 aliphatic heterocycles. The number of carboxylic acids is 1. The second-order valence-electron chi connectivity index (χ2n) is 8.20. The number of alkyl halides is 3. The Balaban J connectivity index is 0.000000360. The number of carbonyl (C=O) groups is 2. The number of nitrogens with zero attached hydrogens (tertiary/aromatic N) is 2. The van der Waals surface area contributed by atoms with Gasteiger partial charge in [-0.2, -0.15) is 13.2 Å². The van der Waals surface area contributed by atoms with Gasteiger partial charge in [0.1, 0.15) is 12.7 Å². The number of hydrogen-bond acceptors (Lipinski definition) is 5. The Bertz CT molecular complexity index is 756. The molecule has 3 atom stereocenters. The lowest BCUT2D eigenvalue weighted by molar-refractivity contribution is -0.192. The van der Waals surface area contributed by atoms with E-state index in [0.717, 1.165) is 58.5 Å². The Hall–Kier alpha value is -2.17. The van der Waals surface area contributed by atoms with Crippen molar-refractivity contribution in [2.24, 2.45) is 0 Å². The fourth-order valence-electron chi connectivity index (χ4n) is 4.39. The third kappa shape index (κ3) is 6.66. The zero-order chi connectivity index (χ0) is 23.1. The summed E-state index contributed by atoms with van der Waals surface area (Å²) >= 11 is 0. The maximum Gasteiger partial charge on any atom is 0.490 e. The van der Waals surface area contributed by atoms with Crippen molar-refractivity contribution in [3.8, 4) is 0 Å². The Morgan fingerprint density at radius 2 is 1.78 bits per heavy atom. The van der Waals surface area contributed by atoms with Crippen molar-refractivity contribution in [3.63, 3.8) is 0 Å². The number of ether oxygens (including phenoxy) is 2. The van der Waals surface area contributed by atoms with Crippen molar-refractivity contribution in [3.05, 3.63) is 35.9 Å². The van der Waals surface area contributed by atoms with E-state index in [2.05, 4.69) is 35.2 Å². The van der Waals surface area contributed by atoms with Crippen molar-refractivity contribution in [1.29, 1.82) is 0 Å².